The van der Waals surface area contributed by atoms with E-state index in [2.05, 4.69) is 15.0 Å². The molecule has 10 heteroatoms. The van der Waals surface area contributed by atoms with Gasteiger partial charge in [0.15, 0.2) is 5.16 Å². The Morgan fingerprint density at radius 3 is 2.55 bits per heavy atom. The van der Waals surface area contributed by atoms with Crippen LogP contribution in [0.5, 0.6) is 5.75 Å². The molecule has 3 rings (SSSR count). The number of carbonyl (C=O) groups excluding carboxylic acids is 1. The zero-order chi connectivity index (χ0) is 22.4. The molecule has 1 aromatic heterocycles. The fourth-order valence-electron chi connectivity index (χ4n) is 2.63. The van der Waals surface area contributed by atoms with Crippen molar-refractivity contribution >= 4 is 39.5 Å². The van der Waals surface area contributed by atoms with Gasteiger partial charge in [0, 0.05) is 36.1 Å². The largest absolute Gasteiger partial charge is 0.495 e. The first-order valence-electron chi connectivity index (χ1n) is 9.18. The summed E-state index contributed by atoms with van der Waals surface area (Å²) in [6, 6.07) is 12.1. The molecule has 0 aliphatic carbocycles. The number of aryl methyl sites for hydroxylation is 1. The quantitative estimate of drug-likeness (QED) is 0.503. The van der Waals surface area contributed by atoms with Gasteiger partial charge in [0.05, 0.1) is 7.11 Å². The SMILES string of the molecule is CNS(=O)(=O)c1cc(/C=C/C(=O)Nc2ccc(Sc3nccn3C)cc2)ccc1OC. The van der Waals surface area contributed by atoms with Gasteiger partial charge in [-0.25, -0.2) is 18.1 Å². The lowest BCUT2D eigenvalue weighted by Crippen LogP contribution is -2.19. The number of rotatable bonds is 8. The van der Waals surface area contributed by atoms with E-state index in [1.807, 2.05) is 42.1 Å². The number of hydrogen-bond acceptors (Lipinski definition) is 6. The predicted molar refractivity (Wildman–Crippen MR) is 121 cm³/mol. The number of hydrogen-bond donors (Lipinski definition) is 2. The summed E-state index contributed by atoms with van der Waals surface area (Å²) >= 11 is 1.52. The molecule has 2 aromatic carbocycles. The molecule has 0 bridgehead atoms. The number of nitrogens with one attached hydrogen (secondary N) is 2. The van der Waals surface area contributed by atoms with Gasteiger partial charge in [-0.05, 0) is 55.1 Å². The van der Waals surface area contributed by atoms with Crippen LogP contribution < -0.4 is 14.8 Å². The van der Waals surface area contributed by atoms with Crippen molar-refractivity contribution in [3.8, 4) is 5.75 Å². The summed E-state index contributed by atoms with van der Waals surface area (Å²) in [6.45, 7) is 0. The third kappa shape index (κ3) is 5.75. The summed E-state index contributed by atoms with van der Waals surface area (Å²) in [5.74, 6) is -0.113. The standard InChI is InChI=1S/C21H22N4O4S2/c1-22-31(27,28)19-14-15(4-10-18(19)29-3)5-11-20(26)24-16-6-8-17(9-7-16)30-21-23-12-13-25(21)2/h4-14,22H,1-3H3,(H,24,26)/b11-5+. The molecule has 0 atom stereocenters. The molecule has 0 radical (unpaired) electrons. The van der Waals surface area contributed by atoms with Crippen LogP contribution in [-0.4, -0.2) is 38.0 Å². The van der Waals surface area contributed by atoms with Crippen LogP contribution in [0.4, 0.5) is 5.69 Å². The minimum atomic E-state index is -3.69. The molecule has 31 heavy (non-hydrogen) atoms. The number of anilines is 1. The lowest BCUT2D eigenvalue weighted by Gasteiger charge is -2.09. The molecular weight excluding hydrogens is 436 g/mol. The highest BCUT2D eigenvalue weighted by Gasteiger charge is 2.17. The van der Waals surface area contributed by atoms with Crippen molar-refractivity contribution in [1.29, 1.82) is 0 Å². The van der Waals surface area contributed by atoms with E-state index in [1.54, 1.807) is 18.3 Å². The third-order valence-electron chi connectivity index (χ3n) is 4.28. The number of carbonyl (C=O) groups is 1. The zero-order valence-corrected chi connectivity index (χ0v) is 18.8. The Hall–Kier alpha value is -3.08. The van der Waals surface area contributed by atoms with Gasteiger partial charge in [0.25, 0.3) is 0 Å². The van der Waals surface area contributed by atoms with E-state index in [0.717, 1.165) is 10.1 Å². The van der Waals surface area contributed by atoms with Crippen LogP contribution in [0.3, 0.4) is 0 Å². The smallest absolute Gasteiger partial charge is 0.248 e. The first-order chi connectivity index (χ1) is 14.8. The van der Waals surface area contributed by atoms with Gasteiger partial charge in [0.2, 0.25) is 15.9 Å². The maximum absolute atomic E-state index is 12.3. The molecule has 8 nitrogen and oxygen atoms in total. The number of aromatic nitrogens is 2. The summed E-state index contributed by atoms with van der Waals surface area (Å²) in [5.41, 5.74) is 1.19. The van der Waals surface area contributed by atoms with Gasteiger partial charge in [-0.3, -0.25) is 4.79 Å². The maximum atomic E-state index is 12.3. The Balaban J connectivity index is 1.66. The highest BCUT2D eigenvalue weighted by Crippen LogP contribution is 2.27. The lowest BCUT2D eigenvalue weighted by molar-refractivity contribution is -0.111. The van der Waals surface area contributed by atoms with Crippen molar-refractivity contribution < 1.29 is 17.9 Å². The Labute approximate surface area is 185 Å². The second kappa shape index (κ2) is 9.82. The van der Waals surface area contributed by atoms with Crippen molar-refractivity contribution in [3.63, 3.8) is 0 Å². The minimum Gasteiger partial charge on any atom is -0.495 e. The Morgan fingerprint density at radius 2 is 1.94 bits per heavy atom. The summed E-state index contributed by atoms with van der Waals surface area (Å²) in [7, 11) is 0.953. The van der Waals surface area contributed by atoms with Gasteiger partial charge in [-0.2, -0.15) is 0 Å². The van der Waals surface area contributed by atoms with Gasteiger partial charge in [-0.15, -0.1) is 0 Å². The van der Waals surface area contributed by atoms with Crippen LogP contribution in [0.2, 0.25) is 0 Å². The van der Waals surface area contributed by atoms with Gasteiger partial charge >= 0.3 is 0 Å². The average Bonchev–Trinajstić information content (AvgIpc) is 3.17. The highest BCUT2D eigenvalue weighted by molar-refractivity contribution is 7.99. The number of methoxy groups -OCH3 is 1. The Morgan fingerprint density at radius 1 is 1.19 bits per heavy atom. The van der Waals surface area contributed by atoms with Crippen molar-refractivity contribution in [3.05, 3.63) is 66.5 Å². The van der Waals surface area contributed by atoms with Crippen LogP contribution in [0.1, 0.15) is 5.56 Å². The molecule has 0 aliphatic rings. The second-order valence-corrected chi connectivity index (χ2v) is 9.28. The van der Waals surface area contributed by atoms with Crippen LogP contribution >= 0.6 is 11.8 Å². The van der Waals surface area contributed by atoms with E-state index in [0.29, 0.717) is 11.3 Å². The number of imidazole rings is 1. The van der Waals surface area contributed by atoms with Gasteiger partial charge < -0.3 is 14.6 Å². The number of benzene rings is 2. The normalized spacial score (nSPS) is 11.6. The zero-order valence-electron chi connectivity index (χ0n) is 17.2. The molecule has 1 amide bonds. The number of sulfonamides is 1. The minimum absolute atomic E-state index is 0.000795. The third-order valence-corrected chi connectivity index (χ3v) is 6.80. The molecule has 0 unspecified atom stereocenters. The molecule has 162 valence electrons. The molecule has 0 spiro atoms. The van der Waals surface area contributed by atoms with E-state index < -0.39 is 10.0 Å². The van der Waals surface area contributed by atoms with Gasteiger partial charge in [0.1, 0.15) is 10.6 Å². The van der Waals surface area contributed by atoms with Crippen molar-refractivity contribution in [2.45, 2.75) is 14.9 Å². The summed E-state index contributed by atoms with van der Waals surface area (Å²) in [5, 5.41) is 3.65. The summed E-state index contributed by atoms with van der Waals surface area (Å²) < 4.78 is 33.6. The monoisotopic (exact) mass is 458 g/mol. The topological polar surface area (TPSA) is 102 Å². The Bertz CT molecular complexity index is 1200. The van der Waals surface area contributed by atoms with Crippen LogP contribution in [0, 0.1) is 0 Å². The molecule has 0 fully saturated rings. The number of ether oxygens (including phenoxy) is 1. The molecule has 1 heterocycles. The molecular formula is C21H22N4O4S2. The second-order valence-electron chi connectivity index (χ2n) is 6.39. The fraction of sp³-hybridized carbons (Fsp3) is 0.143. The number of amides is 1. The lowest BCUT2D eigenvalue weighted by atomic mass is 10.2. The molecule has 2 N–H and O–H groups in total. The molecule has 0 saturated carbocycles. The maximum Gasteiger partial charge on any atom is 0.248 e. The van der Waals surface area contributed by atoms with E-state index in [4.69, 9.17) is 4.74 Å². The summed E-state index contributed by atoms with van der Waals surface area (Å²) in [4.78, 5) is 17.5. The van der Waals surface area contributed by atoms with Crippen LogP contribution in [0.15, 0.2) is 75.9 Å². The average molecular weight is 459 g/mol. The van der Waals surface area contributed by atoms with E-state index in [9.17, 15) is 13.2 Å². The van der Waals surface area contributed by atoms with E-state index >= 15 is 0 Å². The number of nitrogens with zero attached hydrogens (tertiary/aromatic N) is 2. The van der Waals surface area contributed by atoms with Gasteiger partial charge in [-0.1, -0.05) is 17.8 Å². The first kappa shape index (κ1) is 22.6. The van der Waals surface area contributed by atoms with Crippen molar-refractivity contribution in [2.24, 2.45) is 7.05 Å². The van der Waals surface area contributed by atoms with Crippen molar-refractivity contribution in [2.75, 3.05) is 19.5 Å². The van der Waals surface area contributed by atoms with Crippen LogP contribution in [-0.2, 0) is 21.9 Å². The fourth-order valence-corrected chi connectivity index (χ4v) is 4.36. The first-order valence-corrected chi connectivity index (χ1v) is 11.5. The molecule has 0 aliphatic heterocycles. The predicted octanol–water partition coefficient (Wildman–Crippen LogP) is 3.14. The van der Waals surface area contributed by atoms with Crippen molar-refractivity contribution in [1.82, 2.24) is 14.3 Å². The summed E-state index contributed by atoms with van der Waals surface area (Å²) in [6.07, 6.45) is 6.50. The highest BCUT2D eigenvalue weighted by atomic mass is 32.2. The van der Waals surface area contributed by atoms with E-state index in [-0.39, 0.29) is 16.6 Å². The molecule has 3 aromatic rings. The van der Waals surface area contributed by atoms with Crippen LogP contribution in [0.25, 0.3) is 6.08 Å². The Kier molecular flexibility index (Phi) is 7.16. The molecule has 0 saturated heterocycles. The van der Waals surface area contributed by atoms with E-state index in [1.165, 1.54) is 44.1 Å².